The highest BCUT2D eigenvalue weighted by molar-refractivity contribution is 7.92. The molecule has 19 heteroatoms. The number of sulfonamides is 1. The van der Waals surface area contributed by atoms with E-state index in [1.54, 1.807) is 6.07 Å². The predicted molar refractivity (Wildman–Crippen MR) is 257 cm³/mol. The fourth-order valence-corrected chi connectivity index (χ4v) is 7.75. The molecule has 0 aliphatic heterocycles. The first kappa shape index (κ1) is 58.2. The fraction of sp³-hybridized carbons (Fsp3) is 0.600. The number of nitrogens with zero attached hydrogens (tertiary/aromatic N) is 2. The molecule has 0 atom stereocenters. The summed E-state index contributed by atoms with van der Waals surface area (Å²) in [6.07, 6.45) is 18.9. The van der Waals surface area contributed by atoms with Crippen molar-refractivity contribution in [3.8, 4) is 11.5 Å². The molecule has 0 aliphatic carbocycles. The van der Waals surface area contributed by atoms with Crippen molar-refractivity contribution in [1.29, 1.82) is 0 Å². The average Bonchev–Trinajstić information content (AvgIpc) is 3.30. The number of rotatable bonds is 39. The Morgan fingerprint density at radius 1 is 0.652 bits per heavy atom. The maximum Gasteiger partial charge on any atom is 0.329 e. The molecule has 0 bridgehead atoms. The summed E-state index contributed by atoms with van der Waals surface area (Å²) in [7, 11) is -4.09. The standard InChI is InChI=1S/C50H73FN4O13S/c1-50(2,3)68-47(59)20-16-14-12-10-8-6-4-5-7-9-11-13-15-18-39-34-43(23-26-45(39)51)67-42-21-24-44(25-22-42)69(61,62)55-49-53-35-40(36-54-49)48(60)52-27-29-64-31-32-65-37-41(56)19-17-28-63-30-33-66-38-46(57)58/h21-26,34-36H,4-20,27-33,37-38H2,1-3H3,(H,52,60)(H,57,58)(H,53,54,55). The van der Waals surface area contributed by atoms with Crippen LogP contribution in [0.2, 0.25) is 0 Å². The van der Waals surface area contributed by atoms with E-state index in [0.29, 0.717) is 42.9 Å². The molecule has 1 aromatic heterocycles. The fourth-order valence-electron chi connectivity index (χ4n) is 6.80. The molecular formula is C50H73FN4O13S. The zero-order valence-electron chi connectivity index (χ0n) is 40.6. The second-order valence-corrected chi connectivity index (χ2v) is 19.2. The Balaban J connectivity index is 1.23. The molecule has 1 heterocycles. The van der Waals surface area contributed by atoms with E-state index < -0.39 is 27.5 Å². The van der Waals surface area contributed by atoms with Crippen LogP contribution in [0.15, 0.2) is 59.8 Å². The van der Waals surface area contributed by atoms with Crippen molar-refractivity contribution >= 4 is 39.6 Å². The van der Waals surface area contributed by atoms with Crippen molar-refractivity contribution in [3.63, 3.8) is 0 Å². The number of aromatic nitrogens is 2. The normalized spacial score (nSPS) is 11.6. The van der Waals surface area contributed by atoms with E-state index in [1.807, 2.05) is 20.8 Å². The number of ketones is 1. The summed E-state index contributed by atoms with van der Waals surface area (Å²) in [5.41, 5.74) is 0.260. The highest BCUT2D eigenvalue weighted by Crippen LogP contribution is 2.27. The van der Waals surface area contributed by atoms with E-state index in [-0.39, 0.29) is 93.2 Å². The minimum Gasteiger partial charge on any atom is -0.480 e. The molecule has 1 amide bonds. The lowest BCUT2D eigenvalue weighted by Gasteiger charge is -2.19. The molecule has 384 valence electrons. The Bertz CT molecular complexity index is 2070. The zero-order chi connectivity index (χ0) is 50.2. The van der Waals surface area contributed by atoms with Gasteiger partial charge >= 0.3 is 11.9 Å². The van der Waals surface area contributed by atoms with Crippen molar-refractivity contribution in [1.82, 2.24) is 15.3 Å². The van der Waals surface area contributed by atoms with Gasteiger partial charge in [-0.25, -0.2) is 32.3 Å². The summed E-state index contributed by atoms with van der Waals surface area (Å²) in [5, 5.41) is 11.1. The number of amides is 1. The van der Waals surface area contributed by atoms with Gasteiger partial charge in [-0.3, -0.25) is 14.4 Å². The van der Waals surface area contributed by atoms with Crippen LogP contribution in [-0.2, 0) is 54.5 Å². The van der Waals surface area contributed by atoms with Crippen molar-refractivity contribution in [2.75, 3.05) is 64.1 Å². The number of carbonyl (C=O) groups excluding carboxylic acids is 3. The number of hydrogen-bond donors (Lipinski definition) is 3. The van der Waals surface area contributed by atoms with Crippen LogP contribution in [0, 0.1) is 5.82 Å². The molecule has 2 aromatic carbocycles. The van der Waals surface area contributed by atoms with Gasteiger partial charge in [0, 0.05) is 38.4 Å². The number of aliphatic carboxylic acids is 1. The highest BCUT2D eigenvalue weighted by Gasteiger charge is 2.18. The second kappa shape index (κ2) is 33.5. The van der Waals surface area contributed by atoms with E-state index in [2.05, 4.69) is 20.0 Å². The van der Waals surface area contributed by atoms with Crippen molar-refractivity contribution < 1.29 is 65.5 Å². The van der Waals surface area contributed by atoms with Crippen LogP contribution in [0.5, 0.6) is 11.5 Å². The molecule has 0 saturated carbocycles. The van der Waals surface area contributed by atoms with Gasteiger partial charge < -0.3 is 38.8 Å². The van der Waals surface area contributed by atoms with Gasteiger partial charge in [0.1, 0.15) is 36.1 Å². The van der Waals surface area contributed by atoms with Crippen molar-refractivity contribution in [2.45, 2.75) is 140 Å². The Morgan fingerprint density at radius 3 is 1.81 bits per heavy atom. The number of halogens is 1. The van der Waals surface area contributed by atoms with Gasteiger partial charge in [-0.1, -0.05) is 70.6 Å². The summed E-state index contributed by atoms with van der Waals surface area (Å²) in [6.45, 7) is 6.72. The van der Waals surface area contributed by atoms with E-state index >= 15 is 0 Å². The molecule has 0 aliphatic rings. The quantitative estimate of drug-likeness (QED) is 0.0358. The van der Waals surface area contributed by atoms with Crippen LogP contribution in [0.4, 0.5) is 10.3 Å². The Morgan fingerprint density at radius 2 is 1.20 bits per heavy atom. The molecule has 69 heavy (non-hydrogen) atoms. The maximum absolute atomic E-state index is 14.7. The van der Waals surface area contributed by atoms with Crippen LogP contribution < -0.4 is 14.8 Å². The third-order valence-electron chi connectivity index (χ3n) is 10.3. The van der Waals surface area contributed by atoms with Gasteiger partial charge in [0.25, 0.3) is 15.9 Å². The predicted octanol–water partition coefficient (Wildman–Crippen LogP) is 8.78. The first-order valence-electron chi connectivity index (χ1n) is 24.1. The molecule has 3 N–H and O–H groups in total. The number of nitrogens with one attached hydrogen (secondary N) is 2. The molecule has 3 aromatic rings. The third-order valence-corrected chi connectivity index (χ3v) is 11.6. The number of benzene rings is 2. The topological polar surface area (TPSA) is 228 Å². The van der Waals surface area contributed by atoms with Crippen LogP contribution in [0.1, 0.15) is 139 Å². The number of esters is 1. The van der Waals surface area contributed by atoms with Gasteiger partial charge in [0.05, 0.1) is 43.5 Å². The Labute approximate surface area is 407 Å². The number of hydrogen-bond acceptors (Lipinski definition) is 14. The highest BCUT2D eigenvalue weighted by atomic mass is 32.2. The zero-order valence-corrected chi connectivity index (χ0v) is 41.4. The molecule has 0 spiro atoms. The second-order valence-electron chi connectivity index (χ2n) is 17.5. The van der Waals surface area contributed by atoms with Crippen molar-refractivity contribution in [3.05, 3.63) is 71.8 Å². The van der Waals surface area contributed by atoms with Gasteiger partial charge in [-0.2, -0.15) is 0 Å². The number of ether oxygens (including phenoxy) is 6. The van der Waals surface area contributed by atoms with Gasteiger partial charge in [0.15, 0.2) is 5.78 Å². The van der Waals surface area contributed by atoms with E-state index in [4.69, 9.17) is 33.5 Å². The van der Waals surface area contributed by atoms with E-state index in [9.17, 15) is 32.0 Å². The maximum atomic E-state index is 14.7. The Kier molecular flexibility index (Phi) is 28.2. The number of carboxylic acids is 1. The molecule has 0 unspecified atom stereocenters. The van der Waals surface area contributed by atoms with Gasteiger partial charge in [0.2, 0.25) is 5.95 Å². The molecule has 3 rings (SSSR count). The lowest BCUT2D eigenvalue weighted by molar-refractivity contribution is -0.155. The summed E-state index contributed by atoms with van der Waals surface area (Å²) < 4.78 is 75.2. The van der Waals surface area contributed by atoms with Crippen LogP contribution in [0.25, 0.3) is 0 Å². The van der Waals surface area contributed by atoms with Gasteiger partial charge in [-0.15, -0.1) is 0 Å². The molecule has 17 nitrogen and oxygen atoms in total. The third kappa shape index (κ3) is 27.6. The van der Waals surface area contributed by atoms with Crippen LogP contribution >= 0.6 is 0 Å². The summed E-state index contributed by atoms with van der Waals surface area (Å²) in [6, 6.07) is 10.3. The minimum atomic E-state index is -4.09. The molecular weight excluding hydrogens is 916 g/mol. The molecule has 0 fully saturated rings. The monoisotopic (exact) mass is 988 g/mol. The minimum absolute atomic E-state index is 0.0663. The van der Waals surface area contributed by atoms with E-state index in [0.717, 1.165) is 38.5 Å². The Hall–Kier alpha value is -5.08. The molecule has 0 radical (unpaired) electrons. The number of anilines is 1. The van der Waals surface area contributed by atoms with Gasteiger partial charge in [-0.05, 0) is 94.5 Å². The first-order valence-corrected chi connectivity index (χ1v) is 25.6. The van der Waals surface area contributed by atoms with E-state index in [1.165, 1.54) is 93.7 Å². The number of Topliss-reactive ketones (excluding diaryl/α,β-unsaturated/α-hetero) is 1. The first-order chi connectivity index (χ1) is 33.1. The largest absolute Gasteiger partial charge is 0.480 e. The molecule has 0 saturated heterocycles. The summed E-state index contributed by atoms with van der Waals surface area (Å²) in [4.78, 5) is 54.5. The SMILES string of the molecule is CC(C)(C)OC(=O)CCCCCCCCCCCCCCCc1cc(Oc2ccc(S(=O)(=O)Nc3ncc(C(=O)NCCOCCOCC(=O)CCCOCCOCC(=O)O)cn3)cc2)ccc1F. The van der Waals surface area contributed by atoms with Crippen molar-refractivity contribution in [2.24, 2.45) is 0 Å². The average molecular weight is 989 g/mol. The number of carbonyl (C=O) groups is 4. The smallest absolute Gasteiger partial charge is 0.329 e. The van der Waals surface area contributed by atoms with Crippen LogP contribution in [0.3, 0.4) is 0 Å². The number of aryl methyl sites for hydroxylation is 1. The summed E-state index contributed by atoms with van der Waals surface area (Å²) in [5.74, 6) is -1.44. The van der Waals surface area contributed by atoms with Crippen LogP contribution in [-0.4, -0.2) is 112 Å². The number of unbranched alkanes of at least 4 members (excludes halogenated alkanes) is 12. The number of carboxylic acid groups (broad SMARTS) is 1. The lowest BCUT2D eigenvalue weighted by atomic mass is 10.0. The lowest BCUT2D eigenvalue weighted by Crippen LogP contribution is -2.28. The summed E-state index contributed by atoms with van der Waals surface area (Å²) >= 11 is 0.